The van der Waals surface area contributed by atoms with Gasteiger partial charge < -0.3 is 5.32 Å². The zero-order valence-corrected chi connectivity index (χ0v) is 16.2. The van der Waals surface area contributed by atoms with Crippen LogP contribution in [0.1, 0.15) is 5.56 Å². The number of nitrogens with one attached hydrogen (secondary N) is 1. The summed E-state index contributed by atoms with van der Waals surface area (Å²) in [5.41, 5.74) is 1.73. The monoisotopic (exact) mass is 430 g/mol. The summed E-state index contributed by atoms with van der Waals surface area (Å²) in [6.07, 6.45) is 1.07. The Morgan fingerprint density at radius 3 is 2.50 bits per heavy atom. The van der Waals surface area contributed by atoms with Crippen LogP contribution in [0.25, 0.3) is 0 Å². The topological polar surface area (TPSA) is 66.5 Å². The summed E-state index contributed by atoms with van der Waals surface area (Å²) in [6.45, 7) is 1.47. The van der Waals surface area contributed by atoms with E-state index in [1.165, 1.54) is 0 Å². The minimum atomic E-state index is -3.60. The van der Waals surface area contributed by atoms with Crippen molar-refractivity contribution in [1.29, 1.82) is 0 Å². The van der Waals surface area contributed by atoms with E-state index in [1.54, 1.807) is 43.3 Å². The van der Waals surface area contributed by atoms with Gasteiger partial charge in [0.1, 0.15) is 6.54 Å². The van der Waals surface area contributed by atoms with Gasteiger partial charge in [-0.25, -0.2) is 8.42 Å². The molecule has 128 valence electrons. The highest BCUT2D eigenvalue weighted by molar-refractivity contribution is 9.10. The molecule has 1 amide bonds. The summed E-state index contributed by atoms with van der Waals surface area (Å²) in [4.78, 5) is 12.3. The van der Waals surface area contributed by atoms with Crippen LogP contribution < -0.4 is 9.62 Å². The van der Waals surface area contributed by atoms with E-state index in [4.69, 9.17) is 11.6 Å². The lowest BCUT2D eigenvalue weighted by Crippen LogP contribution is -2.37. The van der Waals surface area contributed by atoms with E-state index in [0.717, 1.165) is 16.1 Å². The smallest absolute Gasteiger partial charge is 0.245 e. The van der Waals surface area contributed by atoms with E-state index in [2.05, 4.69) is 21.2 Å². The Hall–Kier alpha value is -1.57. The number of carbonyl (C=O) groups excluding carboxylic acids is 1. The molecule has 0 aliphatic carbocycles. The van der Waals surface area contributed by atoms with Crippen LogP contribution in [0.5, 0.6) is 0 Å². The zero-order valence-electron chi connectivity index (χ0n) is 13.1. The molecule has 0 aromatic heterocycles. The number of rotatable bonds is 5. The van der Waals surface area contributed by atoms with Crippen molar-refractivity contribution >= 4 is 54.8 Å². The second-order valence-corrected chi connectivity index (χ2v) is 8.40. The van der Waals surface area contributed by atoms with E-state index in [-0.39, 0.29) is 6.54 Å². The lowest BCUT2D eigenvalue weighted by Gasteiger charge is -2.23. The highest BCUT2D eigenvalue weighted by Gasteiger charge is 2.22. The predicted octanol–water partition coefficient (Wildman–Crippen LogP) is 3.82. The first-order chi connectivity index (χ1) is 11.2. The van der Waals surface area contributed by atoms with Gasteiger partial charge >= 0.3 is 0 Å². The average Bonchev–Trinajstić information content (AvgIpc) is 2.48. The number of sulfonamides is 1. The third-order valence-corrected chi connectivity index (χ3v) is 5.63. The first-order valence-corrected chi connectivity index (χ1v) is 9.98. The largest absolute Gasteiger partial charge is 0.324 e. The molecule has 2 aromatic rings. The van der Waals surface area contributed by atoms with Crippen LogP contribution in [0.2, 0.25) is 5.02 Å². The summed E-state index contributed by atoms with van der Waals surface area (Å²) in [5, 5.41) is 3.10. The maximum absolute atomic E-state index is 12.3. The van der Waals surface area contributed by atoms with Crippen molar-refractivity contribution in [3.63, 3.8) is 0 Å². The first-order valence-electron chi connectivity index (χ1n) is 6.97. The molecule has 2 rings (SSSR count). The van der Waals surface area contributed by atoms with Crippen LogP contribution in [-0.4, -0.2) is 27.1 Å². The number of aryl methyl sites for hydroxylation is 1. The van der Waals surface area contributed by atoms with Crippen LogP contribution in [0.4, 0.5) is 11.4 Å². The summed E-state index contributed by atoms with van der Waals surface area (Å²) < 4.78 is 26.0. The van der Waals surface area contributed by atoms with E-state index in [1.807, 2.05) is 6.07 Å². The molecule has 0 fully saturated rings. The third kappa shape index (κ3) is 4.72. The molecule has 0 aliphatic rings. The molecule has 0 heterocycles. The number of anilines is 2. The first kappa shape index (κ1) is 18.8. The number of nitrogens with zero attached hydrogens (tertiary/aromatic N) is 1. The van der Waals surface area contributed by atoms with Gasteiger partial charge in [-0.15, -0.1) is 0 Å². The Bertz CT molecular complexity index is 871. The molecular formula is C16H16BrClN2O3S. The molecule has 0 saturated heterocycles. The highest BCUT2D eigenvalue weighted by Crippen LogP contribution is 2.26. The zero-order chi connectivity index (χ0) is 17.9. The van der Waals surface area contributed by atoms with Gasteiger partial charge in [0.05, 0.1) is 17.0 Å². The highest BCUT2D eigenvalue weighted by atomic mass is 79.9. The second-order valence-electron chi connectivity index (χ2n) is 5.23. The van der Waals surface area contributed by atoms with Gasteiger partial charge in [0.2, 0.25) is 15.9 Å². The summed E-state index contributed by atoms with van der Waals surface area (Å²) in [5.74, 6) is -0.456. The van der Waals surface area contributed by atoms with Gasteiger partial charge in [0.25, 0.3) is 0 Å². The SMILES string of the molecule is Cc1ccccc1N(CC(=O)Nc1ccc(Br)c(Cl)c1)S(C)(=O)=O. The number of carbonyl (C=O) groups is 1. The van der Waals surface area contributed by atoms with Crippen molar-refractivity contribution in [3.8, 4) is 0 Å². The fourth-order valence-electron chi connectivity index (χ4n) is 2.13. The molecule has 1 N–H and O–H groups in total. The van der Waals surface area contributed by atoms with Crippen LogP contribution in [-0.2, 0) is 14.8 Å². The van der Waals surface area contributed by atoms with E-state index < -0.39 is 15.9 Å². The fourth-order valence-corrected chi connectivity index (χ4v) is 3.47. The van der Waals surface area contributed by atoms with Crippen molar-refractivity contribution in [2.24, 2.45) is 0 Å². The minimum Gasteiger partial charge on any atom is -0.324 e. The van der Waals surface area contributed by atoms with Gasteiger partial charge in [-0.2, -0.15) is 0 Å². The van der Waals surface area contributed by atoms with Crippen LogP contribution >= 0.6 is 27.5 Å². The van der Waals surface area contributed by atoms with Crippen molar-refractivity contribution in [3.05, 3.63) is 57.5 Å². The Morgan fingerprint density at radius 2 is 1.92 bits per heavy atom. The Balaban J connectivity index is 2.22. The standard InChI is InChI=1S/C16H16BrClN2O3S/c1-11-5-3-4-6-15(11)20(24(2,22)23)10-16(21)19-12-7-8-13(17)14(18)9-12/h3-9H,10H2,1-2H3,(H,19,21). The van der Waals surface area contributed by atoms with Gasteiger partial charge in [0, 0.05) is 10.2 Å². The molecule has 0 radical (unpaired) electrons. The maximum atomic E-state index is 12.3. The summed E-state index contributed by atoms with van der Waals surface area (Å²) in [7, 11) is -3.60. The van der Waals surface area contributed by atoms with E-state index >= 15 is 0 Å². The van der Waals surface area contributed by atoms with Crippen LogP contribution in [0.15, 0.2) is 46.9 Å². The molecule has 8 heteroatoms. The molecule has 0 unspecified atom stereocenters. The molecule has 0 saturated carbocycles. The predicted molar refractivity (Wildman–Crippen MR) is 101 cm³/mol. The van der Waals surface area contributed by atoms with Gasteiger partial charge in [0.15, 0.2) is 0 Å². The Morgan fingerprint density at radius 1 is 1.25 bits per heavy atom. The van der Waals surface area contributed by atoms with Crippen LogP contribution in [0, 0.1) is 6.92 Å². The van der Waals surface area contributed by atoms with Crippen molar-refractivity contribution in [1.82, 2.24) is 0 Å². The molecular weight excluding hydrogens is 416 g/mol. The fraction of sp³-hybridized carbons (Fsp3) is 0.188. The average molecular weight is 432 g/mol. The minimum absolute atomic E-state index is 0.322. The van der Waals surface area contributed by atoms with Crippen LogP contribution in [0.3, 0.4) is 0 Å². The van der Waals surface area contributed by atoms with Gasteiger partial charge in [-0.1, -0.05) is 29.8 Å². The maximum Gasteiger partial charge on any atom is 0.245 e. The second kappa shape index (κ2) is 7.55. The molecule has 0 spiro atoms. The summed E-state index contributed by atoms with van der Waals surface area (Å²) in [6, 6.07) is 12.0. The number of hydrogen-bond acceptors (Lipinski definition) is 3. The Kier molecular flexibility index (Phi) is 5.90. The number of halogens is 2. The molecule has 0 aliphatic heterocycles. The normalized spacial score (nSPS) is 11.2. The Labute approximate surface area is 154 Å². The molecule has 2 aromatic carbocycles. The third-order valence-electron chi connectivity index (χ3n) is 3.28. The van der Waals surface area contributed by atoms with Gasteiger partial charge in [-0.05, 0) is 52.7 Å². The van der Waals surface area contributed by atoms with E-state index in [9.17, 15) is 13.2 Å². The van der Waals surface area contributed by atoms with Crippen molar-refractivity contribution in [2.75, 3.05) is 22.4 Å². The lowest BCUT2D eigenvalue weighted by molar-refractivity contribution is -0.114. The van der Waals surface area contributed by atoms with Crippen molar-refractivity contribution < 1.29 is 13.2 Å². The van der Waals surface area contributed by atoms with E-state index in [0.29, 0.717) is 20.9 Å². The molecule has 5 nitrogen and oxygen atoms in total. The number of amides is 1. The van der Waals surface area contributed by atoms with Crippen molar-refractivity contribution in [2.45, 2.75) is 6.92 Å². The number of benzene rings is 2. The molecule has 24 heavy (non-hydrogen) atoms. The molecule has 0 atom stereocenters. The van der Waals surface area contributed by atoms with Gasteiger partial charge in [-0.3, -0.25) is 9.10 Å². The molecule has 0 bridgehead atoms. The summed E-state index contributed by atoms with van der Waals surface area (Å²) >= 11 is 9.26. The lowest BCUT2D eigenvalue weighted by atomic mass is 10.2. The number of hydrogen-bond donors (Lipinski definition) is 1. The quantitative estimate of drug-likeness (QED) is 0.783. The number of para-hydroxylation sites is 1.